The third kappa shape index (κ3) is 4.20. The number of hydrogen-bond donors (Lipinski definition) is 2. The van der Waals surface area contributed by atoms with Crippen LogP contribution in [0.5, 0.6) is 0 Å². The molecule has 118 valence electrons. The van der Waals surface area contributed by atoms with Crippen LogP contribution >= 0.6 is 10.7 Å². The van der Waals surface area contributed by atoms with Gasteiger partial charge < -0.3 is 5.32 Å². The maximum absolute atomic E-state index is 12.1. The molecule has 6 nitrogen and oxygen atoms in total. The number of aromatic amines is 1. The average Bonchev–Trinajstić information content (AvgIpc) is 3.11. The summed E-state index contributed by atoms with van der Waals surface area (Å²) in [5.41, 5.74) is 0.328. The summed E-state index contributed by atoms with van der Waals surface area (Å²) >= 11 is 0. The van der Waals surface area contributed by atoms with E-state index in [1.807, 2.05) is 0 Å². The van der Waals surface area contributed by atoms with Crippen molar-refractivity contribution in [2.24, 2.45) is 5.92 Å². The molecule has 1 aliphatic rings. The highest BCUT2D eigenvalue weighted by atomic mass is 35.7. The molecular weight excluding hydrogens is 314 g/mol. The molecule has 0 aliphatic heterocycles. The molecule has 0 unspecified atom stereocenters. The van der Waals surface area contributed by atoms with E-state index in [-0.39, 0.29) is 16.5 Å². The predicted molar refractivity (Wildman–Crippen MR) is 80.0 cm³/mol. The van der Waals surface area contributed by atoms with Gasteiger partial charge in [-0.1, -0.05) is 13.8 Å². The number of nitrogens with zero attached hydrogens (tertiary/aromatic N) is 1. The summed E-state index contributed by atoms with van der Waals surface area (Å²) in [5.74, 6) is 0.178. The zero-order valence-corrected chi connectivity index (χ0v) is 13.7. The standard InChI is InChI=1S/C13H20ClN3O3S/c1-8(2)4-3-7-15-13(18)11-12(21(14,19)20)10(16-17-11)9-5-6-9/h8-9H,3-7H2,1-2H3,(H,15,18)(H,16,17). The van der Waals surface area contributed by atoms with Gasteiger partial charge in [0.1, 0.15) is 4.90 Å². The van der Waals surface area contributed by atoms with Crippen LogP contribution in [0.3, 0.4) is 0 Å². The molecule has 2 N–H and O–H groups in total. The molecule has 0 radical (unpaired) electrons. The highest BCUT2D eigenvalue weighted by Gasteiger charge is 2.36. The minimum absolute atomic E-state index is 0.114. The van der Waals surface area contributed by atoms with Crippen molar-refractivity contribution < 1.29 is 13.2 Å². The monoisotopic (exact) mass is 333 g/mol. The molecule has 0 bridgehead atoms. The van der Waals surface area contributed by atoms with Crippen molar-refractivity contribution in [1.82, 2.24) is 15.5 Å². The minimum Gasteiger partial charge on any atom is -0.351 e. The van der Waals surface area contributed by atoms with Gasteiger partial charge in [-0.25, -0.2) is 8.42 Å². The van der Waals surface area contributed by atoms with Crippen LogP contribution in [0, 0.1) is 5.92 Å². The highest BCUT2D eigenvalue weighted by Crippen LogP contribution is 2.43. The van der Waals surface area contributed by atoms with Crippen LogP contribution in [0.2, 0.25) is 0 Å². The molecular formula is C13H20ClN3O3S. The molecule has 1 fully saturated rings. The number of carbonyl (C=O) groups excluding carboxylic acids is 1. The number of amides is 1. The summed E-state index contributed by atoms with van der Waals surface area (Å²) in [4.78, 5) is 11.9. The van der Waals surface area contributed by atoms with E-state index in [1.54, 1.807) is 0 Å². The first-order chi connectivity index (χ1) is 9.80. The Morgan fingerprint density at radius 1 is 1.48 bits per heavy atom. The molecule has 1 aromatic rings. The first-order valence-electron chi connectivity index (χ1n) is 7.11. The molecule has 0 atom stereocenters. The smallest absolute Gasteiger partial charge is 0.273 e. The van der Waals surface area contributed by atoms with Crippen LogP contribution in [-0.4, -0.2) is 31.1 Å². The lowest BCUT2D eigenvalue weighted by atomic mass is 10.1. The quantitative estimate of drug-likeness (QED) is 0.592. The maximum atomic E-state index is 12.1. The van der Waals surface area contributed by atoms with Crippen LogP contribution in [0.4, 0.5) is 0 Å². The van der Waals surface area contributed by atoms with Gasteiger partial charge in [0.15, 0.2) is 5.69 Å². The van der Waals surface area contributed by atoms with Crippen molar-refractivity contribution in [3.05, 3.63) is 11.4 Å². The second-order valence-electron chi connectivity index (χ2n) is 5.82. The third-order valence-electron chi connectivity index (χ3n) is 3.44. The Kier molecular flexibility index (Phi) is 4.93. The summed E-state index contributed by atoms with van der Waals surface area (Å²) in [6.07, 6.45) is 3.61. The Balaban J connectivity index is 2.10. The predicted octanol–water partition coefficient (Wildman–Crippen LogP) is 2.38. The lowest BCUT2D eigenvalue weighted by Gasteiger charge is -2.06. The van der Waals surface area contributed by atoms with Gasteiger partial charge in [-0.05, 0) is 31.6 Å². The Morgan fingerprint density at radius 2 is 2.14 bits per heavy atom. The van der Waals surface area contributed by atoms with E-state index in [0.717, 1.165) is 25.7 Å². The van der Waals surface area contributed by atoms with Crippen LogP contribution in [0.15, 0.2) is 4.90 Å². The molecule has 0 aromatic carbocycles. The maximum Gasteiger partial charge on any atom is 0.273 e. The molecule has 1 aromatic heterocycles. The van der Waals surface area contributed by atoms with Crippen LogP contribution in [0.25, 0.3) is 0 Å². The van der Waals surface area contributed by atoms with E-state index < -0.39 is 15.0 Å². The molecule has 8 heteroatoms. The van der Waals surface area contributed by atoms with Gasteiger partial charge in [0, 0.05) is 23.1 Å². The van der Waals surface area contributed by atoms with Crippen molar-refractivity contribution in [1.29, 1.82) is 0 Å². The Morgan fingerprint density at radius 3 is 2.67 bits per heavy atom. The summed E-state index contributed by atoms with van der Waals surface area (Å²) in [6.45, 7) is 4.70. The number of hydrogen-bond acceptors (Lipinski definition) is 4. The number of nitrogens with one attached hydrogen (secondary N) is 2. The fraction of sp³-hybridized carbons (Fsp3) is 0.692. The Bertz CT molecular complexity index is 621. The van der Waals surface area contributed by atoms with Gasteiger partial charge in [-0.15, -0.1) is 0 Å². The van der Waals surface area contributed by atoms with Crippen molar-refractivity contribution in [3.63, 3.8) is 0 Å². The number of halogens is 1. The Hall–Kier alpha value is -1.08. The first kappa shape index (κ1) is 16.3. The lowest BCUT2D eigenvalue weighted by Crippen LogP contribution is -2.26. The molecule has 21 heavy (non-hydrogen) atoms. The molecule has 0 spiro atoms. The summed E-state index contributed by atoms with van der Waals surface area (Å²) in [6, 6.07) is 0. The van der Waals surface area contributed by atoms with E-state index in [9.17, 15) is 13.2 Å². The first-order valence-corrected chi connectivity index (χ1v) is 9.42. The molecule has 1 heterocycles. The average molecular weight is 334 g/mol. The lowest BCUT2D eigenvalue weighted by molar-refractivity contribution is 0.0944. The largest absolute Gasteiger partial charge is 0.351 e. The Labute approximate surface area is 129 Å². The SMILES string of the molecule is CC(C)CCCNC(=O)c1n[nH]c(C2CC2)c1S(=O)(=O)Cl. The van der Waals surface area contributed by atoms with E-state index in [4.69, 9.17) is 10.7 Å². The topological polar surface area (TPSA) is 91.9 Å². The van der Waals surface area contributed by atoms with Crippen LogP contribution < -0.4 is 5.32 Å². The van der Waals surface area contributed by atoms with Gasteiger partial charge in [0.2, 0.25) is 0 Å². The number of rotatable bonds is 7. The summed E-state index contributed by atoms with van der Waals surface area (Å²) in [5, 5.41) is 9.21. The second kappa shape index (κ2) is 6.36. The van der Waals surface area contributed by atoms with E-state index in [0.29, 0.717) is 18.2 Å². The molecule has 0 saturated heterocycles. The third-order valence-corrected chi connectivity index (χ3v) is 4.80. The number of H-pyrrole nitrogens is 1. The van der Waals surface area contributed by atoms with E-state index in [2.05, 4.69) is 29.4 Å². The fourth-order valence-electron chi connectivity index (χ4n) is 2.19. The van der Waals surface area contributed by atoms with Crippen molar-refractivity contribution in [2.45, 2.75) is 50.3 Å². The van der Waals surface area contributed by atoms with Crippen molar-refractivity contribution in [2.75, 3.05) is 6.54 Å². The molecule has 1 saturated carbocycles. The van der Waals surface area contributed by atoms with Crippen molar-refractivity contribution >= 4 is 25.6 Å². The normalized spacial score (nSPS) is 15.4. The van der Waals surface area contributed by atoms with E-state index >= 15 is 0 Å². The second-order valence-corrected chi connectivity index (χ2v) is 8.32. The van der Waals surface area contributed by atoms with Crippen LogP contribution in [-0.2, 0) is 9.05 Å². The van der Waals surface area contributed by atoms with Gasteiger partial charge in [-0.2, -0.15) is 5.10 Å². The summed E-state index contributed by atoms with van der Waals surface area (Å²) in [7, 11) is 1.46. The zero-order valence-electron chi connectivity index (χ0n) is 12.1. The highest BCUT2D eigenvalue weighted by molar-refractivity contribution is 8.13. The number of aromatic nitrogens is 2. The number of carbonyl (C=O) groups is 1. The van der Waals surface area contributed by atoms with Gasteiger partial charge >= 0.3 is 0 Å². The minimum atomic E-state index is -4.00. The zero-order chi connectivity index (χ0) is 15.6. The molecule has 2 rings (SSSR count). The van der Waals surface area contributed by atoms with Crippen molar-refractivity contribution in [3.8, 4) is 0 Å². The van der Waals surface area contributed by atoms with Crippen LogP contribution in [0.1, 0.15) is 61.6 Å². The fourth-order valence-corrected chi connectivity index (χ4v) is 3.50. The van der Waals surface area contributed by atoms with Gasteiger partial charge in [0.05, 0.1) is 5.69 Å². The molecule has 1 amide bonds. The molecule has 1 aliphatic carbocycles. The van der Waals surface area contributed by atoms with Gasteiger partial charge in [-0.3, -0.25) is 9.89 Å². The summed E-state index contributed by atoms with van der Waals surface area (Å²) < 4.78 is 23.4. The van der Waals surface area contributed by atoms with E-state index in [1.165, 1.54) is 0 Å². The van der Waals surface area contributed by atoms with Gasteiger partial charge in [0.25, 0.3) is 15.0 Å².